The SMILES string of the molecule is CCCCN(CC)S(=O)(=O)c1ccc(C(=O)Nc2sc3c(c2C(=O)N2CCCCC2)CCN(C(C)C)C3)cc1. The van der Waals surface area contributed by atoms with Crippen molar-refractivity contribution in [2.75, 3.05) is 38.0 Å². The number of nitrogens with zero attached hydrogens (tertiary/aromatic N) is 3. The molecule has 8 nitrogen and oxygen atoms in total. The van der Waals surface area contributed by atoms with E-state index in [1.807, 2.05) is 18.7 Å². The van der Waals surface area contributed by atoms with Crippen molar-refractivity contribution in [2.24, 2.45) is 0 Å². The molecule has 39 heavy (non-hydrogen) atoms. The number of hydrogen-bond acceptors (Lipinski definition) is 6. The normalized spacial score (nSPS) is 16.5. The summed E-state index contributed by atoms with van der Waals surface area (Å²) in [5.74, 6) is -0.335. The number of carbonyl (C=O) groups excluding carboxylic acids is 2. The van der Waals surface area contributed by atoms with E-state index in [0.29, 0.717) is 35.3 Å². The Kier molecular flexibility index (Phi) is 9.85. The van der Waals surface area contributed by atoms with Crippen molar-refractivity contribution in [1.29, 1.82) is 0 Å². The first kappa shape index (κ1) is 29.7. The highest BCUT2D eigenvalue weighted by Gasteiger charge is 2.32. The van der Waals surface area contributed by atoms with E-state index in [9.17, 15) is 18.0 Å². The maximum absolute atomic E-state index is 13.7. The lowest BCUT2D eigenvalue weighted by molar-refractivity contribution is 0.0723. The van der Waals surface area contributed by atoms with Gasteiger partial charge < -0.3 is 10.2 Å². The van der Waals surface area contributed by atoms with E-state index >= 15 is 0 Å². The Morgan fingerprint density at radius 3 is 2.36 bits per heavy atom. The van der Waals surface area contributed by atoms with Gasteiger partial charge in [0.2, 0.25) is 10.0 Å². The van der Waals surface area contributed by atoms with Crippen molar-refractivity contribution in [2.45, 2.75) is 83.7 Å². The number of nitrogens with one attached hydrogen (secondary N) is 1. The van der Waals surface area contributed by atoms with Crippen LogP contribution in [0.15, 0.2) is 29.2 Å². The van der Waals surface area contributed by atoms with Crippen molar-refractivity contribution in [3.05, 3.63) is 45.8 Å². The summed E-state index contributed by atoms with van der Waals surface area (Å²) in [6.45, 7) is 12.2. The Bertz CT molecular complexity index is 1260. The molecule has 0 unspecified atom stereocenters. The summed E-state index contributed by atoms with van der Waals surface area (Å²) >= 11 is 1.50. The molecule has 4 rings (SSSR count). The van der Waals surface area contributed by atoms with Gasteiger partial charge in [0, 0.05) is 55.8 Å². The van der Waals surface area contributed by atoms with E-state index in [0.717, 1.165) is 75.1 Å². The highest BCUT2D eigenvalue weighted by Crippen LogP contribution is 2.39. The average Bonchev–Trinajstić information content (AvgIpc) is 3.30. The fourth-order valence-corrected chi connectivity index (χ4v) is 8.07. The van der Waals surface area contributed by atoms with Gasteiger partial charge in [0.1, 0.15) is 5.00 Å². The second-order valence-electron chi connectivity index (χ2n) is 10.7. The number of amides is 2. The molecule has 1 fully saturated rings. The molecule has 1 aromatic heterocycles. The molecule has 3 heterocycles. The standard InChI is InChI=1S/C29H42N4O4S2/c1-5-7-18-33(6-2)39(36,37)23-13-11-22(12-14-23)27(34)30-28-26(29(35)31-16-9-8-10-17-31)24-15-19-32(21(3)4)20-25(24)38-28/h11-14,21H,5-10,15-20H2,1-4H3,(H,30,34). The third-order valence-electron chi connectivity index (χ3n) is 7.77. The van der Waals surface area contributed by atoms with Gasteiger partial charge in [-0.3, -0.25) is 14.5 Å². The molecule has 0 saturated carbocycles. The molecule has 10 heteroatoms. The quantitative estimate of drug-likeness (QED) is 0.421. The van der Waals surface area contributed by atoms with Crippen LogP contribution in [0.1, 0.15) is 91.0 Å². The van der Waals surface area contributed by atoms with Crippen LogP contribution >= 0.6 is 11.3 Å². The number of thiophene rings is 1. The van der Waals surface area contributed by atoms with Gasteiger partial charge in [-0.05, 0) is 75.8 Å². The van der Waals surface area contributed by atoms with Crippen molar-refractivity contribution in [3.8, 4) is 0 Å². The number of fused-ring (bicyclic) bond motifs is 1. The highest BCUT2D eigenvalue weighted by molar-refractivity contribution is 7.89. The minimum absolute atomic E-state index is 0.00803. The number of sulfonamides is 1. The Morgan fingerprint density at radius 1 is 1.05 bits per heavy atom. The summed E-state index contributed by atoms with van der Waals surface area (Å²) in [5, 5.41) is 3.62. The molecule has 2 amide bonds. The van der Waals surface area contributed by atoms with Gasteiger partial charge in [-0.25, -0.2) is 8.42 Å². The summed E-state index contributed by atoms with van der Waals surface area (Å²) in [4.78, 5) is 32.7. The maximum Gasteiger partial charge on any atom is 0.257 e. The number of piperidine rings is 1. The molecule has 0 aliphatic carbocycles. The van der Waals surface area contributed by atoms with E-state index in [4.69, 9.17) is 0 Å². The van der Waals surface area contributed by atoms with Gasteiger partial charge in [0.15, 0.2) is 0 Å². The van der Waals surface area contributed by atoms with Crippen molar-refractivity contribution in [1.82, 2.24) is 14.1 Å². The van der Waals surface area contributed by atoms with Gasteiger partial charge in [0.25, 0.3) is 11.8 Å². The molecule has 1 N–H and O–H groups in total. The highest BCUT2D eigenvalue weighted by atomic mass is 32.2. The van der Waals surface area contributed by atoms with Gasteiger partial charge in [-0.1, -0.05) is 20.3 Å². The molecule has 0 bridgehead atoms. The van der Waals surface area contributed by atoms with E-state index in [2.05, 4.69) is 24.1 Å². The number of likely N-dealkylation sites (tertiary alicyclic amines) is 1. The zero-order chi connectivity index (χ0) is 28.2. The number of rotatable bonds is 10. The number of unbranched alkanes of at least 4 members (excludes halogenated alkanes) is 1. The summed E-state index contributed by atoms with van der Waals surface area (Å²) < 4.78 is 27.6. The number of anilines is 1. The summed E-state index contributed by atoms with van der Waals surface area (Å²) in [6.07, 6.45) is 5.64. The predicted molar refractivity (Wildman–Crippen MR) is 157 cm³/mol. The van der Waals surface area contributed by atoms with Crippen molar-refractivity contribution >= 4 is 38.2 Å². The van der Waals surface area contributed by atoms with Gasteiger partial charge in [-0.15, -0.1) is 11.3 Å². The van der Waals surface area contributed by atoms with Gasteiger partial charge in [-0.2, -0.15) is 4.31 Å². The molecular formula is C29H42N4O4S2. The third kappa shape index (κ3) is 6.56. The predicted octanol–water partition coefficient (Wildman–Crippen LogP) is 5.20. The summed E-state index contributed by atoms with van der Waals surface area (Å²) in [7, 11) is -3.62. The number of hydrogen-bond donors (Lipinski definition) is 1. The Hall–Kier alpha value is -2.27. The van der Waals surface area contributed by atoms with Crippen molar-refractivity contribution < 1.29 is 18.0 Å². The smallest absolute Gasteiger partial charge is 0.257 e. The zero-order valence-electron chi connectivity index (χ0n) is 23.7. The molecule has 2 aliphatic rings. The molecule has 1 aromatic carbocycles. The monoisotopic (exact) mass is 574 g/mol. The lowest BCUT2D eigenvalue weighted by Gasteiger charge is -2.31. The van der Waals surface area contributed by atoms with Crippen LogP contribution in [0.5, 0.6) is 0 Å². The van der Waals surface area contributed by atoms with E-state index in [1.54, 1.807) is 12.1 Å². The average molecular weight is 575 g/mol. The van der Waals surface area contributed by atoms with Crippen LogP contribution in [0.3, 0.4) is 0 Å². The van der Waals surface area contributed by atoms with Gasteiger partial charge >= 0.3 is 0 Å². The third-order valence-corrected chi connectivity index (χ3v) is 10.9. The molecule has 1 saturated heterocycles. The summed E-state index contributed by atoms with van der Waals surface area (Å²) in [6, 6.07) is 6.50. The topological polar surface area (TPSA) is 90.0 Å². The molecule has 214 valence electrons. The first-order valence-corrected chi connectivity index (χ1v) is 16.5. The maximum atomic E-state index is 13.7. The second kappa shape index (κ2) is 12.9. The second-order valence-corrected chi connectivity index (χ2v) is 13.7. The molecule has 0 radical (unpaired) electrons. The van der Waals surface area contributed by atoms with E-state index in [-0.39, 0.29) is 16.7 Å². The number of carbonyl (C=O) groups is 2. The van der Waals surface area contributed by atoms with Crippen LogP contribution in [0.25, 0.3) is 0 Å². The molecule has 2 aromatic rings. The summed E-state index contributed by atoms with van der Waals surface area (Å²) in [5.41, 5.74) is 2.07. The molecule has 0 atom stereocenters. The zero-order valence-corrected chi connectivity index (χ0v) is 25.3. The Morgan fingerprint density at radius 2 is 1.74 bits per heavy atom. The van der Waals surface area contributed by atoms with Gasteiger partial charge in [0.05, 0.1) is 10.5 Å². The lowest BCUT2D eigenvalue weighted by Crippen LogP contribution is -2.38. The Balaban J connectivity index is 1.58. The van der Waals surface area contributed by atoms with Crippen LogP contribution in [0.4, 0.5) is 5.00 Å². The van der Waals surface area contributed by atoms with E-state index in [1.165, 1.54) is 27.8 Å². The fraction of sp³-hybridized carbons (Fsp3) is 0.586. The van der Waals surface area contributed by atoms with Crippen LogP contribution in [-0.2, 0) is 23.0 Å². The van der Waals surface area contributed by atoms with Crippen LogP contribution in [0.2, 0.25) is 0 Å². The minimum Gasteiger partial charge on any atom is -0.339 e. The number of benzene rings is 1. The first-order chi connectivity index (χ1) is 18.7. The van der Waals surface area contributed by atoms with Crippen LogP contribution < -0.4 is 5.32 Å². The first-order valence-electron chi connectivity index (χ1n) is 14.3. The molecular weight excluding hydrogens is 532 g/mol. The van der Waals surface area contributed by atoms with Crippen LogP contribution in [0, 0.1) is 0 Å². The molecule has 0 spiro atoms. The lowest BCUT2D eigenvalue weighted by atomic mass is 10.00. The van der Waals surface area contributed by atoms with Crippen LogP contribution in [-0.4, -0.2) is 73.1 Å². The fourth-order valence-electron chi connectivity index (χ4n) is 5.32. The van der Waals surface area contributed by atoms with E-state index < -0.39 is 10.0 Å². The minimum atomic E-state index is -3.62. The Labute approximate surface area is 237 Å². The molecule has 2 aliphatic heterocycles. The van der Waals surface area contributed by atoms with Crippen molar-refractivity contribution in [3.63, 3.8) is 0 Å². The largest absolute Gasteiger partial charge is 0.339 e.